The lowest BCUT2D eigenvalue weighted by Gasteiger charge is -2.28. The molecule has 0 saturated carbocycles. The van der Waals surface area contributed by atoms with Crippen LogP contribution in [0.4, 0.5) is 0 Å². The van der Waals surface area contributed by atoms with Gasteiger partial charge < -0.3 is 106 Å². The Hall–Kier alpha value is -10.3. The van der Waals surface area contributed by atoms with Gasteiger partial charge in [-0.3, -0.25) is 71.9 Å². The average Bonchev–Trinajstić information content (AvgIpc) is 1.70. The third-order valence-electron chi connectivity index (χ3n) is 16.2. The number of aliphatic hydroxyl groups is 2. The number of fused-ring (bicyclic) bond motifs is 1. The number of aromatic hydroxyl groups is 1. The molecule has 3 aromatic rings. The number of amides is 15. The highest BCUT2D eigenvalue weighted by Crippen LogP contribution is 2.21. The first-order chi connectivity index (χ1) is 47.5. The fourth-order valence-corrected chi connectivity index (χ4v) is 10.8. The molecule has 0 aliphatic carbocycles. The standard InChI is InChI=1S/C66H99N17O18/c1-32(2)21-43(58(93)72-30-54(90)83-20-12-15-50(83)65(100)73-35(7)56(69)91)77-59(94)44(22-33(3)4)78-61(96)46(24-38-16-18-40(86)19-17-38)76-53(89)29-71-57(92)36(8)74-64(99)49(31-84)81-62(97)48(26-51(68)87)79-60(95)45(23-34(5)6)80-66(101)55(37(9)85)82-63(98)47(75-52(88)27-67)25-39-28-70-42-14-11-10-13-41(39)42/h10-11,13-14,16-19,28,32-37,43-50,55,70,84-86H,12,15,20-27,29-31,67H2,1-9H3,(H2,68,87)(H2,69,91)(H,71,92)(H,72,93)(H,73,100)(H,74,99)(H,75,88)(H,76,89)(H,77,94)(H,78,96)(H,79,95)(H,80,101)(H,81,97)(H,82,98)/t35-,36-,37+,43-,44-,45-,46-,47-,48-,49-,50-,55-/m0/s1. The van der Waals surface area contributed by atoms with Crippen LogP contribution in [0.2, 0.25) is 0 Å². The molecule has 35 nitrogen and oxygen atoms in total. The van der Waals surface area contributed by atoms with E-state index < -0.39 is 194 Å². The van der Waals surface area contributed by atoms with Crippen molar-refractivity contribution in [2.75, 3.05) is 32.8 Å². The number of primary amides is 2. The topological polar surface area (TPSA) is 558 Å². The molecule has 0 unspecified atom stereocenters. The van der Waals surface area contributed by atoms with Crippen molar-refractivity contribution in [3.05, 3.63) is 65.9 Å². The molecule has 4 rings (SSSR count). The van der Waals surface area contributed by atoms with E-state index in [2.05, 4.69) is 68.8 Å². The van der Waals surface area contributed by atoms with Crippen molar-refractivity contribution in [2.24, 2.45) is 35.0 Å². The van der Waals surface area contributed by atoms with Crippen LogP contribution in [-0.4, -0.2) is 219 Å². The minimum Gasteiger partial charge on any atom is -0.508 e. The van der Waals surface area contributed by atoms with E-state index in [0.717, 1.165) is 10.9 Å². The number of phenolic OH excluding ortho intramolecular Hbond substituents is 1. The molecule has 1 saturated heterocycles. The molecule has 2 aromatic carbocycles. The molecule has 0 bridgehead atoms. The van der Waals surface area contributed by atoms with Gasteiger partial charge in [0, 0.05) is 36.5 Å². The summed E-state index contributed by atoms with van der Waals surface area (Å²) in [5.74, 6) is -14.5. The summed E-state index contributed by atoms with van der Waals surface area (Å²) in [6.07, 6.45) is -0.365. The maximum atomic E-state index is 14.3. The Balaban J connectivity index is 1.41. The highest BCUT2D eigenvalue weighted by atomic mass is 16.3. The van der Waals surface area contributed by atoms with Gasteiger partial charge in [0.1, 0.15) is 72.2 Å². The molecule has 0 radical (unpaired) electrons. The van der Waals surface area contributed by atoms with Gasteiger partial charge in [-0.1, -0.05) is 71.9 Å². The van der Waals surface area contributed by atoms with Gasteiger partial charge in [-0.05, 0) is 100.0 Å². The highest BCUT2D eigenvalue weighted by Gasteiger charge is 2.39. The van der Waals surface area contributed by atoms with Crippen molar-refractivity contribution in [2.45, 2.75) is 186 Å². The lowest BCUT2D eigenvalue weighted by atomic mass is 9.99. The van der Waals surface area contributed by atoms with Gasteiger partial charge in [0.05, 0.1) is 38.8 Å². The van der Waals surface area contributed by atoms with E-state index in [1.807, 2.05) is 0 Å². The second-order valence-electron chi connectivity index (χ2n) is 26.2. The van der Waals surface area contributed by atoms with Crippen LogP contribution in [-0.2, 0) is 84.8 Å². The number of phenols is 1. The quantitative estimate of drug-likeness (QED) is 0.0253. The number of aromatic nitrogens is 1. The lowest BCUT2D eigenvalue weighted by Crippen LogP contribution is -2.62. The summed E-state index contributed by atoms with van der Waals surface area (Å²) in [5.41, 5.74) is 18.1. The smallest absolute Gasteiger partial charge is 0.245 e. The van der Waals surface area contributed by atoms with Gasteiger partial charge in [-0.25, -0.2) is 0 Å². The average molecular weight is 1420 g/mol. The van der Waals surface area contributed by atoms with Crippen molar-refractivity contribution in [1.82, 2.24) is 73.7 Å². The minimum atomic E-state index is -1.86. The van der Waals surface area contributed by atoms with Crippen molar-refractivity contribution in [1.29, 1.82) is 0 Å². The van der Waals surface area contributed by atoms with Crippen molar-refractivity contribution < 1.29 is 87.2 Å². The minimum absolute atomic E-state index is 0.0264. The van der Waals surface area contributed by atoms with Gasteiger partial charge in [0.15, 0.2) is 0 Å². The zero-order valence-corrected chi connectivity index (χ0v) is 58.2. The molecule has 1 aliphatic rings. The number of likely N-dealkylation sites (tertiary alicyclic amines) is 1. The highest BCUT2D eigenvalue weighted by molar-refractivity contribution is 6.00. The van der Waals surface area contributed by atoms with Crippen LogP contribution in [0, 0.1) is 17.8 Å². The Morgan fingerprint density at radius 1 is 0.535 bits per heavy atom. The van der Waals surface area contributed by atoms with Crippen LogP contribution in [0.25, 0.3) is 10.9 Å². The number of H-pyrrole nitrogens is 1. The van der Waals surface area contributed by atoms with Gasteiger partial charge in [0.2, 0.25) is 88.6 Å². The van der Waals surface area contributed by atoms with E-state index in [1.54, 1.807) is 72.0 Å². The normalized spacial score (nSPS) is 16.0. The zero-order chi connectivity index (χ0) is 75.5. The van der Waals surface area contributed by atoms with Crippen molar-refractivity contribution >= 4 is 99.5 Å². The molecule has 0 spiro atoms. The number of carbonyl (C=O) groups is 15. The Morgan fingerprint density at radius 2 is 1.03 bits per heavy atom. The molecule has 1 aromatic heterocycles. The summed E-state index contributed by atoms with van der Waals surface area (Å²) < 4.78 is 0. The van der Waals surface area contributed by atoms with Gasteiger partial charge in [-0.15, -0.1) is 0 Å². The molecule has 1 fully saturated rings. The molecule has 12 atom stereocenters. The summed E-state index contributed by atoms with van der Waals surface area (Å²) in [7, 11) is 0. The largest absolute Gasteiger partial charge is 0.508 e. The maximum Gasteiger partial charge on any atom is 0.245 e. The monoisotopic (exact) mass is 1420 g/mol. The second kappa shape index (κ2) is 40.1. The van der Waals surface area contributed by atoms with Gasteiger partial charge >= 0.3 is 0 Å². The first kappa shape index (κ1) is 83.1. The summed E-state index contributed by atoms with van der Waals surface area (Å²) in [5, 5.41) is 61.2. The van der Waals surface area contributed by atoms with E-state index >= 15 is 0 Å². The number of para-hydroxylation sites is 1. The van der Waals surface area contributed by atoms with Crippen LogP contribution >= 0.6 is 0 Å². The number of aromatic amines is 1. The number of hydrogen-bond donors (Lipinski definition) is 19. The van der Waals surface area contributed by atoms with Crippen LogP contribution in [0.5, 0.6) is 5.75 Å². The first-order valence-corrected chi connectivity index (χ1v) is 33.3. The molecule has 101 heavy (non-hydrogen) atoms. The number of nitrogens with two attached hydrogens (primary N) is 3. The molecular formula is C66H99N17O18. The van der Waals surface area contributed by atoms with E-state index in [1.165, 1.54) is 49.9 Å². The van der Waals surface area contributed by atoms with E-state index in [0.29, 0.717) is 24.0 Å². The molecule has 1 aliphatic heterocycles. The predicted molar refractivity (Wildman–Crippen MR) is 364 cm³/mol. The van der Waals surface area contributed by atoms with Gasteiger partial charge in [-0.2, -0.15) is 0 Å². The summed E-state index contributed by atoms with van der Waals surface area (Å²) in [4.78, 5) is 205. The SMILES string of the molecule is CC(C)C[C@H](NC(=O)[C@H](CC(C)C)NC(=O)[C@H](Cc1ccc(O)cc1)NC(=O)CNC(=O)[C@H](C)NC(=O)[C@H](CO)NC(=O)[C@H](CC(N)=O)NC(=O)[C@H](CC(C)C)NC(=O)[C@@H](NC(=O)[C@H](Cc1c[nH]c2ccccc12)NC(=O)CN)[C@@H](C)O)C(=O)NCC(=O)N1CCC[C@H]1C(=O)N[C@@H](C)C(N)=O. The van der Waals surface area contributed by atoms with E-state index in [9.17, 15) is 87.2 Å². The first-order valence-electron chi connectivity index (χ1n) is 33.3. The maximum absolute atomic E-state index is 14.3. The fraction of sp³-hybridized carbons (Fsp3) is 0.561. The Morgan fingerprint density at radius 3 is 1.58 bits per heavy atom. The Bertz CT molecular complexity index is 3430. The summed E-state index contributed by atoms with van der Waals surface area (Å²) in [6.45, 7) is 11.5. The number of nitrogens with one attached hydrogen (secondary N) is 13. The lowest BCUT2D eigenvalue weighted by molar-refractivity contribution is -0.139. The van der Waals surface area contributed by atoms with Crippen LogP contribution in [0.3, 0.4) is 0 Å². The number of carbonyl (C=O) groups excluding carboxylic acids is 15. The molecule has 22 N–H and O–H groups in total. The number of rotatable bonds is 40. The fourth-order valence-electron chi connectivity index (χ4n) is 10.8. The Kier molecular flexibility index (Phi) is 33.0. The number of hydrogen-bond acceptors (Lipinski definition) is 19. The van der Waals surface area contributed by atoms with E-state index in [-0.39, 0.29) is 62.2 Å². The zero-order valence-electron chi connectivity index (χ0n) is 58.2. The summed E-state index contributed by atoms with van der Waals surface area (Å²) >= 11 is 0. The van der Waals surface area contributed by atoms with Crippen molar-refractivity contribution in [3.8, 4) is 5.75 Å². The third kappa shape index (κ3) is 27.1. The number of nitrogens with zero attached hydrogens (tertiary/aromatic N) is 1. The summed E-state index contributed by atoms with van der Waals surface area (Å²) in [6, 6.07) is -2.93. The van der Waals surface area contributed by atoms with Crippen LogP contribution in [0.1, 0.15) is 112 Å². The van der Waals surface area contributed by atoms with Crippen molar-refractivity contribution in [3.63, 3.8) is 0 Å². The number of benzene rings is 2. The predicted octanol–water partition coefficient (Wildman–Crippen LogP) is -5.40. The molecular weight excluding hydrogens is 1320 g/mol. The third-order valence-corrected chi connectivity index (χ3v) is 16.2. The molecule has 15 amide bonds. The second-order valence-corrected chi connectivity index (χ2v) is 26.2. The molecule has 35 heteroatoms. The molecule has 2 heterocycles. The Labute approximate surface area is 584 Å². The van der Waals surface area contributed by atoms with Crippen LogP contribution in [0.15, 0.2) is 54.7 Å². The molecule has 556 valence electrons. The van der Waals surface area contributed by atoms with Gasteiger partial charge in [0.25, 0.3) is 0 Å². The van der Waals surface area contributed by atoms with E-state index in [4.69, 9.17) is 17.2 Å². The van der Waals surface area contributed by atoms with Crippen LogP contribution < -0.4 is 81.0 Å². The number of aliphatic hydroxyl groups excluding tert-OH is 2.